The van der Waals surface area contributed by atoms with Gasteiger partial charge < -0.3 is 23.7 Å². The average molecular weight is 340 g/mol. The molecule has 4 fully saturated rings. The Bertz CT molecular complexity index is 541. The normalized spacial score (nSPS) is 42.6. The van der Waals surface area contributed by atoms with Crippen molar-refractivity contribution in [3.63, 3.8) is 0 Å². The van der Waals surface area contributed by atoms with E-state index in [1.54, 1.807) is 0 Å². The molecule has 0 radical (unpaired) electrons. The number of hydrogen-bond donors (Lipinski definition) is 0. The third-order valence-corrected chi connectivity index (χ3v) is 5.51. The van der Waals surface area contributed by atoms with E-state index in [4.69, 9.17) is 23.7 Å². The summed E-state index contributed by atoms with van der Waals surface area (Å²) in [6.45, 7) is 2.67. The van der Waals surface area contributed by atoms with Crippen molar-refractivity contribution in [2.75, 3.05) is 0 Å². The van der Waals surface area contributed by atoms with Crippen molar-refractivity contribution in [1.29, 1.82) is 0 Å². The number of fused-ring (bicyclic) bond motifs is 4. The van der Waals surface area contributed by atoms with Crippen LogP contribution in [0.1, 0.15) is 58.8 Å². The van der Waals surface area contributed by atoms with Gasteiger partial charge in [-0.2, -0.15) is 0 Å². The Morgan fingerprint density at radius 2 is 1.67 bits per heavy atom. The Balaban J connectivity index is 1.57. The molecule has 0 aromatic carbocycles. The predicted molar refractivity (Wildman–Crippen MR) is 79.7 cm³/mol. The Hall–Kier alpha value is -1.18. The molecule has 2 saturated carbocycles. The summed E-state index contributed by atoms with van der Waals surface area (Å²) in [5, 5.41) is 0. The lowest BCUT2D eigenvalue weighted by Gasteiger charge is -2.36. The van der Waals surface area contributed by atoms with Crippen LogP contribution >= 0.6 is 0 Å². The molecule has 2 saturated heterocycles. The second kappa shape index (κ2) is 5.68. The first-order valence-electron chi connectivity index (χ1n) is 8.79. The molecule has 4 rings (SSSR count). The van der Waals surface area contributed by atoms with E-state index in [9.17, 15) is 9.59 Å². The minimum Gasteiger partial charge on any atom is -0.452 e. The molecule has 1 spiro atoms. The monoisotopic (exact) mass is 340 g/mol. The fourth-order valence-electron chi connectivity index (χ4n) is 4.68. The number of ether oxygens (including phenoxy) is 5. The van der Waals surface area contributed by atoms with Crippen LogP contribution in [0, 0.1) is 0 Å². The van der Waals surface area contributed by atoms with Crippen LogP contribution < -0.4 is 0 Å². The van der Waals surface area contributed by atoms with Gasteiger partial charge in [0.1, 0.15) is 6.10 Å². The van der Waals surface area contributed by atoms with E-state index in [0.717, 1.165) is 25.7 Å². The van der Waals surface area contributed by atoms with Crippen LogP contribution in [-0.4, -0.2) is 47.9 Å². The van der Waals surface area contributed by atoms with Crippen LogP contribution in [0.4, 0.5) is 0 Å². The first kappa shape index (κ1) is 16.3. The van der Waals surface area contributed by atoms with Gasteiger partial charge in [0, 0.05) is 39.5 Å². The maximum atomic E-state index is 11.6. The van der Waals surface area contributed by atoms with Crippen molar-refractivity contribution in [1.82, 2.24) is 0 Å². The third kappa shape index (κ3) is 2.62. The quantitative estimate of drug-likeness (QED) is 0.709. The molecule has 5 atom stereocenters. The van der Waals surface area contributed by atoms with Gasteiger partial charge in [-0.1, -0.05) is 6.42 Å². The zero-order valence-corrected chi connectivity index (χ0v) is 14.1. The highest BCUT2D eigenvalue weighted by Crippen LogP contribution is 2.53. The molecule has 0 N–H and O–H groups in total. The lowest BCUT2D eigenvalue weighted by atomic mass is 9.81. The van der Waals surface area contributed by atoms with E-state index in [-0.39, 0.29) is 18.3 Å². The molecule has 134 valence electrons. The number of carbonyl (C=O) groups is 2. The van der Waals surface area contributed by atoms with E-state index < -0.39 is 29.6 Å². The van der Waals surface area contributed by atoms with Crippen molar-refractivity contribution in [2.24, 2.45) is 0 Å². The summed E-state index contributed by atoms with van der Waals surface area (Å²) in [6, 6.07) is 0. The lowest BCUT2D eigenvalue weighted by molar-refractivity contribution is -0.235. The molecule has 0 aromatic rings. The second-order valence-electron chi connectivity index (χ2n) is 7.39. The molecule has 2 bridgehead atoms. The molecule has 0 unspecified atom stereocenters. The molecular formula is C17H24O7. The summed E-state index contributed by atoms with van der Waals surface area (Å²) in [7, 11) is 0. The van der Waals surface area contributed by atoms with E-state index in [1.807, 2.05) is 0 Å². The van der Waals surface area contributed by atoms with Gasteiger partial charge in [0.15, 0.2) is 11.4 Å². The van der Waals surface area contributed by atoms with Crippen molar-refractivity contribution in [2.45, 2.75) is 94.8 Å². The van der Waals surface area contributed by atoms with Gasteiger partial charge in [-0.05, 0) is 12.8 Å². The van der Waals surface area contributed by atoms with E-state index >= 15 is 0 Å². The highest BCUT2D eigenvalue weighted by molar-refractivity contribution is 5.68. The van der Waals surface area contributed by atoms with Crippen molar-refractivity contribution in [3.05, 3.63) is 0 Å². The van der Waals surface area contributed by atoms with Gasteiger partial charge in [-0.25, -0.2) is 0 Å². The van der Waals surface area contributed by atoms with Gasteiger partial charge in [0.05, 0.1) is 12.2 Å². The standard InChI is InChI=1S/C17H24O7/c1-10(18)20-15-16(22-11(2)19)8-12(21-15)14-13(9-16)23-17(24-14)6-4-3-5-7-17/h12-15H,3-9H2,1-2H3/t12-,13-,14+,15-,16-/m1/s1. The Labute approximate surface area is 140 Å². The van der Waals surface area contributed by atoms with E-state index in [0.29, 0.717) is 12.8 Å². The number of esters is 2. The largest absolute Gasteiger partial charge is 0.452 e. The van der Waals surface area contributed by atoms with Crippen LogP contribution in [0.5, 0.6) is 0 Å². The summed E-state index contributed by atoms with van der Waals surface area (Å²) in [6.07, 6.45) is 4.45. The zero-order valence-electron chi connectivity index (χ0n) is 14.1. The maximum absolute atomic E-state index is 11.6. The van der Waals surface area contributed by atoms with Crippen molar-refractivity contribution in [3.8, 4) is 0 Å². The topological polar surface area (TPSA) is 80.3 Å². The molecule has 7 heteroatoms. The molecule has 4 aliphatic rings. The molecule has 2 heterocycles. The lowest BCUT2D eigenvalue weighted by Crippen LogP contribution is -2.51. The minimum atomic E-state index is -0.979. The van der Waals surface area contributed by atoms with Gasteiger partial charge in [-0.3, -0.25) is 9.59 Å². The van der Waals surface area contributed by atoms with Gasteiger partial charge in [0.2, 0.25) is 6.29 Å². The molecule has 7 nitrogen and oxygen atoms in total. The van der Waals surface area contributed by atoms with Crippen LogP contribution in [0.3, 0.4) is 0 Å². The summed E-state index contributed by atoms with van der Waals surface area (Å²) >= 11 is 0. The highest BCUT2D eigenvalue weighted by atomic mass is 16.8. The fraction of sp³-hybridized carbons (Fsp3) is 0.882. The molecular weight excluding hydrogens is 316 g/mol. The van der Waals surface area contributed by atoms with Crippen LogP contribution in [0.15, 0.2) is 0 Å². The number of carbonyl (C=O) groups excluding carboxylic acids is 2. The first-order chi connectivity index (χ1) is 11.4. The van der Waals surface area contributed by atoms with E-state index in [2.05, 4.69) is 0 Å². The predicted octanol–water partition coefficient (Wildman–Crippen LogP) is 1.81. The Morgan fingerprint density at radius 1 is 0.958 bits per heavy atom. The van der Waals surface area contributed by atoms with Gasteiger partial charge >= 0.3 is 11.9 Å². The summed E-state index contributed by atoms with van der Waals surface area (Å²) < 4.78 is 29.4. The molecule has 0 aromatic heterocycles. The maximum Gasteiger partial charge on any atom is 0.305 e. The van der Waals surface area contributed by atoms with Crippen LogP contribution in [0.25, 0.3) is 0 Å². The van der Waals surface area contributed by atoms with Crippen LogP contribution in [-0.2, 0) is 33.3 Å². The van der Waals surface area contributed by atoms with Gasteiger partial charge in [-0.15, -0.1) is 0 Å². The number of hydrogen-bond acceptors (Lipinski definition) is 7. The Morgan fingerprint density at radius 3 is 2.33 bits per heavy atom. The summed E-state index contributed by atoms with van der Waals surface area (Å²) in [4.78, 5) is 23.0. The number of rotatable bonds is 2. The molecule has 0 amide bonds. The smallest absolute Gasteiger partial charge is 0.305 e. The fourth-order valence-corrected chi connectivity index (χ4v) is 4.68. The Kier molecular flexibility index (Phi) is 3.85. The van der Waals surface area contributed by atoms with E-state index in [1.165, 1.54) is 20.3 Å². The molecule has 2 aliphatic carbocycles. The first-order valence-corrected chi connectivity index (χ1v) is 8.79. The van der Waals surface area contributed by atoms with Crippen molar-refractivity contribution >= 4 is 11.9 Å². The zero-order chi connectivity index (χ0) is 16.9. The second-order valence-corrected chi connectivity index (χ2v) is 7.39. The molecule has 2 aliphatic heterocycles. The SMILES string of the molecule is CC(=O)O[C@@H]1O[C@@H]2C[C@@]1(OC(C)=O)C[C@H]1OC3(CCCCC3)O[C@@H]21. The van der Waals surface area contributed by atoms with Gasteiger partial charge in [0.25, 0.3) is 0 Å². The molecule has 24 heavy (non-hydrogen) atoms. The van der Waals surface area contributed by atoms with Crippen molar-refractivity contribution < 1.29 is 33.3 Å². The highest BCUT2D eigenvalue weighted by Gasteiger charge is 2.66. The third-order valence-electron chi connectivity index (χ3n) is 5.51. The summed E-state index contributed by atoms with van der Waals surface area (Å²) in [5.41, 5.74) is -0.979. The summed E-state index contributed by atoms with van der Waals surface area (Å²) in [5.74, 6) is -1.40. The average Bonchev–Trinajstić information content (AvgIpc) is 2.96. The minimum absolute atomic E-state index is 0.202. The van der Waals surface area contributed by atoms with Crippen LogP contribution in [0.2, 0.25) is 0 Å².